The van der Waals surface area contributed by atoms with Gasteiger partial charge in [-0.25, -0.2) is 0 Å². The standard InChI is InChI=1S/C12H17N3OS/c13-12(17)11-5-4-9(7-14-11)15-6-2-1-3-10(15)8-16/h4-5,7,10,16H,1-3,6,8H2,(H2,13,17). The monoisotopic (exact) mass is 251 g/mol. The first-order chi connectivity index (χ1) is 8.22. The summed E-state index contributed by atoms with van der Waals surface area (Å²) in [6, 6.07) is 4.01. The zero-order chi connectivity index (χ0) is 12.3. The second kappa shape index (κ2) is 5.42. The van der Waals surface area contributed by atoms with E-state index in [1.54, 1.807) is 6.20 Å². The maximum Gasteiger partial charge on any atom is 0.122 e. The predicted octanol–water partition coefficient (Wildman–Crippen LogP) is 1.07. The maximum absolute atomic E-state index is 9.36. The molecule has 17 heavy (non-hydrogen) atoms. The van der Waals surface area contributed by atoms with E-state index < -0.39 is 0 Å². The van der Waals surface area contributed by atoms with Crippen molar-refractivity contribution in [1.29, 1.82) is 0 Å². The van der Waals surface area contributed by atoms with E-state index in [2.05, 4.69) is 9.88 Å². The van der Waals surface area contributed by atoms with Crippen molar-refractivity contribution in [3.8, 4) is 0 Å². The van der Waals surface area contributed by atoms with Crippen LogP contribution in [0.2, 0.25) is 0 Å². The Morgan fingerprint density at radius 2 is 2.35 bits per heavy atom. The number of nitrogens with two attached hydrogens (primary N) is 1. The van der Waals surface area contributed by atoms with Crippen LogP contribution >= 0.6 is 12.2 Å². The third-order valence-corrected chi connectivity index (χ3v) is 3.38. The van der Waals surface area contributed by atoms with E-state index in [1.807, 2.05) is 12.1 Å². The van der Waals surface area contributed by atoms with Gasteiger partial charge >= 0.3 is 0 Å². The van der Waals surface area contributed by atoms with Crippen LogP contribution in [0.5, 0.6) is 0 Å². The Hall–Kier alpha value is -1.20. The highest BCUT2D eigenvalue weighted by molar-refractivity contribution is 7.80. The molecule has 1 unspecified atom stereocenters. The van der Waals surface area contributed by atoms with Crippen LogP contribution in [0, 0.1) is 0 Å². The summed E-state index contributed by atoms with van der Waals surface area (Å²) in [6.45, 7) is 1.16. The van der Waals surface area contributed by atoms with Gasteiger partial charge in [-0.1, -0.05) is 12.2 Å². The first-order valence-electron chi connectivity index (χ1n) is 5.85. The van der Waals surface area contributed by atoms with Crippen LogP contribution < -0.4 is 10.6 Å². The van der Waals surface area contributed by atoms with E-state index in [-0.39, 0.29) is 12.6 Å². The zero-order valence-electron chi connectivity index (χ0n) is 9.67. The Bertz CT molecular complexity index is 393. The second-order valence-electron chi connectivity index (χ2n) is 4.29. The van der Waals surface area contributed by atoms with Gasteiger partial charge in [0.15, 0.2) is 0 Å². The number of aliphatic hydroxyl groups is 1. The summed E-state index contributed by atoms with van der Waals surface area (Å²) in [7, 11) is 0. The van der Waals surface area contributed by atoms with Crippen molar-refractivity contribution in [2.24, 2.45) is 5.73 Å². The molecule has 0 spiro atoms. The number of aromatic nitrogens is 1. The topological polar surface area (TPSA) is 62.4 Å². The van der Waals surface area contributed by atoms with Crippen molar-refractivity contribution in [3.63, 3.8) is 0 Å². The molecule has 1 aromatic heterocycles. The Kier molecular flexibility index (Phi) is 3.91. The van der Waals surface area contributed by atoms with Gasteiger partial charge < -0.3 is 15.7 Å². The van der Waals surface area contributed by atoms with E-state index in [0.29, 0.717) is 10.7 Å². The molecule has 0 radical (unpaired) electrons. The van der Waals surface area contributed by atoms with Crippen molar-refractivity contribution in [2.45, 2.75) is 25.3 Å². The number of anilines is 1. The van der Waals surface area contributed by atoms with Crippen molar-refractivity contribution in [1.82, 2.24) is 4.98 Å². The third-order valence-electron chi connectivity index (χ3n) is 3.17. The molecule has 0 aliphatic carbocycles. The van der Waals surface area contributed by atoms with Crippen LogP contribution in [0.1, 0.15) is 25.0 Å². The van der Waals surface area contributed by atoms with Gasteiger partial charge in [-0.2, -0.15) is 0 Å². The largest absolute Gasteiger partial charge is 0.394 e. The lowest BCUT2D eigenvalue weighted by molar-refractivity contribution is 0.240. The van der Waals surface area contributed by atoms with E-state index in [9.17, 15) is 5.11 Å². The van der Waals surface area contributed by atoms with Gasteiger partial charge in [0.2, 0.25) is 0 Å². The molecular formula is C12H17N3OS. The Balaban J connectivity index is 2.17. The molecule has 1 saturated heterocycles. The predicted molar refractivity (Wildman–Crippen MR) is 72.2 cm³/mol. The second-order valence-corrected chi connectivity index (χ2v) is 4.73. The fourth-order valence-corrected chi connectivity index (χ4v) is 2.35. The summed E-state index contributed by atoms with van der Waals surface area (Å²) >= 11 is 4.87. The number of aliphatic hydroxyl groups excluding tert-OH is 1. The van der Waals surface area contributed by atoms with Crippen LogP contribution in [0.15, 0.2) is 18.3 Å². The molecule has 4 nitrogen and oxygen atoms in total. The minimum atomic E-state index is 0.192. The molecule has 1 aromatic rings. The number of nitrogens with zero attached hydrogens (tertiary/aromatic N) is 2. The van der Waals surface area contributed by atoms with E-state index in [1.165, 1.54) is 6.42 Å². The maximum atomic E-state index is 9.36. The average Bonchev–Trinajstić information content (AvgIpc) is 2.39. The van der Waals surface area contributed by atoms with Gasteiger partial charge in [-0.15, -0.1) is 0 Å². The summed E-state index contributed by atoms with van der Waals surface area (Å²) in [6.07, 6.45) is 5.16. The molecular weight excluding hydrogens is 234 g/mol. The molecule has 3 N–H and O–H groups in total. The highest BCUT2D eigenvalue weighted by Crippen LogP contribution is 2.23. The summed E-state index contributed by atoms with van der Waals surface area (Å²) < 4.78 is 0. The highest BCUT2D eigenvalue weighted by atomic mass is 32.1. The highest BCUT2D eigenvalue weighted by Gasteiger charge is 2.21. The van der Waals surface area contributed by atoms with Crippen molar-refractivity contribution in [2.75, 3.05) is 18.1 Å². The van der Waals surface area contributed by atoms with Gasteiger partial charge in [0.1, 0.15) is 4.99 Å². The van der Waals surface area contributed by atoms with Gasteiger partial charge in [-0.05, 0) is 31.4 Å². The number of thiocarbonyl (C=S) groups is 1. The molecule has 0 aromatic carbocycles. The molecule has 92 valence electrons. The van der Waals surface area contributed by atoms with Gasteiger partial charge in [0.05, 0.1) is 30.2 Å². The zero-order valence-corrected chi connectivity index (χ0v) is 10.5. The fourth-order valence-electron chi connectivity index (χ4n) is 2.23. The SMILES string of the molecule is NC(=S)c1ccc(N2CCCCC2CO)cn1. The molecule has 0 bridgehead atoms. The lowest BCUT2D eigenvalue weighted by Crippen LogP contribution is -2.42. The molecule has 1 aliphatic heterocycles. The lowest BCUT2D eigenvalue weighted by Gasteiger charge is -2.36. The van der Waals surface area contributed by atoms with Crippen LogP contribution in [0.3, 0.4) is 0 Å². The van der Waals surface area contributed by atoms with Gasteiger partial charge in [-0.3, -0.25) is 4.98 Å². The van der Waals surface area contributed by atoms with E-state index in [4.69, 9.17) is 18.0 Å². The quantitative estimate of drug-likeness (QED) is 0.787. The van der Waals surface area contributed by atoms with Crippen molar-refractivity contribution >= 4 is 22.9 Å². The molecule has 0 amide bonds. The number of piperidine rings is 1. The summed E-state index contributed by atoms with van der Waals surface area (Å²) in [5, 5.41) is 9.36. The van der Waals surface area contributed by atoms with Gasteiger partial charge in [0, 0.05) is 6.54 Å². The van der Waals surface area contributed by atoms with Crippen molar-refractivity contribution in [3.05, 3.63) is 24.0 Å². The molecule has 5 heteroatoms. The smallest absolute Gasteiger partial charge is 0.122 e. The van der Waals surface area contributed by atoms with Crippen LogP contribution in [-0.2, 0) is 0 Å². The first-order valence-corrected chi connectivity index (χ1v) is 6.26. The number of hydrogen-bond acceptors (Lipinski definition) is 4. The lowest BCUT2D eigenvalue weighted by atomic mass is 10.0. The summed E-state index contributed by atoms with van der Waals surface area (Å²) in [5.41, 5.74) is 7.18. The van der Waals surface area contributed by atoms with E-state index >= 15 is 0 Å². The fraction of sp³-hybridized carbons (Fsp3) is 0.500. The number of rotatable bonds is 3. The molecule has 1 fully saturated rings. The third kappa shape index (κ3) is 2.73. The number of pyridine rings is 1. The average molecular weight is 251 g/mol. The molecule has 1 aliphatic rings. The van der Waals surface area contributed by atoms with Crippen LogP contribution in [0.4, 0.5) is 5.69 Å². The molecule has 2 rings (SSSR count). The van der Waals surface area contributed by atoms with Crippen molar-refractivity contribution < 1.29 is 5.11 Å². The van der Waals surface area contributed by atoms with Crippen LogP contribution in [0.25, 0.3) is 0 Å². The normalized spacial score (nSPS) is 20.3. The molecule has 2 heterocycles. The Morgan fingerprint density at radius 1 is 1.53 bits per heavy atom. The summed E-state index contributed by atoms with van der Waals surface area (Å²) in [5.74, 6) is 0. The molecule has 1 atom stereocenters. The van der Waals surface area contributed by atoms with E-state index in [0.717, 1.165) is 25.1 Å². The minimum absolute atomic E-state index is 0.192. The first kappa shape index (κ1) is 12.3. The summed E-state index contributed by atoms with van der Waals surface area (Å²) in [4.78, 5) is 6.75. The Labute approximate surface area is 106 Å². The van der Waals surface area contributed by atoms with Crippen LogP contribution in [-0.4, -0.2) is 34.3 Å². The number of hydrogen-bond donors (Lipinski definition) is 2. The molecule has 0 saturated carbocycles. The van der Waals surface area contributed by atoms with Gasteiger partial charge in [0.25, 0.3) is 0 Å². The Morgan fingerprint density at radius 3 is 2.94 bits per heavy atom. The minimum Gasteiger partial charge on any atom is -0.394 e.